The van der Waals surface area contributed by atoms with E-state index in [1.165, 1.54) is 10.4 Å². The Morgan fingerprint density at radius 1 is 1.45 bits per heavy atom. The molecule has 0 aromatic carbocycles. The summed E-state index contributed by atoms with van der Waals surface area (Å²) in [6, 6.07) is 4.07. The molecule has 2 aromatic rings. The number of carbonyl (C=O) groups is 1. The molecule has 4 nitrogen and oxygen atoms in total. The molecule has 0 spiro atoms. The minimum Gasteiger partial charge on any atom is -0.387 e. The van der Waals surface area contributed by atoms with E-state index in [1.54, 1.807) is 23.7 Å². The average Bonchev–Trinajstić information content (AvgIpc) is 2.96. The van der Waals surface area contributed by atoms with Gasteiger partial charge in [-0.1, -0.05) is 0 Å². The van der Waals surface area contributed by atoms with Crippen molar-refractivity contribution in [1.82, 2.24) is 10.3 Å². The predicted octanol–water partition coefficient (Wildman–Crippen LogP) is 2.99. The number of amides is 1. The number of rotatable bonds is 3. The normalized spacial score (nSPS) is 17.4. The summed E-state index contributed by atoms with van der Waals surface area (Å²) in [4.78, 5) is 17.9. The lowest BCUT2D eigenvalue weighted by molar-refractivity contribution is 0.0933. The van der Waals surface area contributed by atoms with Crippen molar-refractivity contribution in [2.45, 2.75) is 25.3 Å². The molecule has 0 fully saturated rings. The van der Waals surface area contributed by atoms with Crippen molar-refractivity contribution in [3.63, 3.8) is 0 Å². The third kappa shape index (κ3) is 2.41. The Bertz CT molecular complexity index is 623. The van der Waals surface area contributed by atoms with Gasteiger partial charge < -0.3 is 10.6 Å². The van der Waals surface area contributed by atoms with Crippen LogP contribution in [-0.2, 0) is 6.42 Å². The van der Waals surface area contributed by atoms with E-state index < -0.39 is 0 Å². The smallest absolute Gasteiger partial charge is 0.255 e. The van der Waals surface area contributed by atoms with Crippen molar-refractivity contribution < 1.29 is 4.79 Å². The van der Waals surface area contributed by atoms with Crippen LogP contribution in [0.4, 0.5) is 5.69 Å². The monoisotopic (exact) mass is 287 g/mol. The van der Waals surface area contributed by atoms with Crippen LogP contribution in [0.3, 0.4) is 0 Å². The Morgan fingerprint density at radius 2 is 2.35 bits per heavy atom. The highest BCUT2D eigenvalue weighted by Gasteiger charge is 2.23. The maximum atomic E-state index is 12.4. The second-order valence-electron chi connectivity index (χ2n) is 4.89. The van der Waals surface area contributed by atoms with E-state index in [2.05, 4.69) is 27.1 Å². The van der Waals surface area contributed by atoms with Crippen molar-refractivity contribution in [2.24, 2.45) is 0 Å². The fourth-order valence-electron chi connectivity index (χ4n) is 2.67. The van der Waals surface area contributed by atoms with Crippen LogP contribution in [0.2, 0.25) is 0 Å². The van der Waals surface area contributed by atoms with E-state index in [0.717, 1.165) is 24.9 Å². The lowest BCUT2D eigenvalue weighted by Crippen LogP contribution is -2.30. The highest BCUT2D eigenvalue weighted by atomic mass is 32.1. The Kier molecular flexibility index (Phi) is 3.69. The summed E-state index contributed by atoms with van der Waals surface area (Å²) in [5, 5.41) is 8.28. The largest absolute Gasteiger partial charge is 0.387 e. The fraction of sp³-hybridized carbons (Fsp3) is 0.333. The predicted molar refractivity (Wildman–Crippen MR) is 81.2 cm³/mol. The first-order chi connectivity index (χ1) is 9.79. The molecule has 1 aliphatic carbocycles. The Labute approximate surface area is 122 Å². The van der Waals surface area contributed by atoms with Crippen molar-refractivity contribution in [1.29, 1.82) is 0 Å². The molecule has 1 amide bonds. The molecule has 0 saturated carbocycles. The lowest BCUT2D eigenvalue weighted by atomic mass is 9.94. The first kappa shape index (κ1) is 13.1. The molecule has 1 unspecified atom stereocenters. The van der Waals surface area contributed by atoms with E-state index in [0.29, 0.717) is 5.56 Å². The molecule has 2 N–H and O–H groups in total. The van der Waals surface area contributed by atoms with Gasteiger partial charge in [-0.25, -0.2) is 0 Å². The number of hydrogen-bond acceptors (Lipinski definition) is 4. The number of aromatic nitrogens is 1. The third-order valence-corrected chi connectivity index (χ3v) is 4.69. The molecule has 0 aliphatic heterocycles. The zero-order valence-electron chi connectivity index (χ0n) is 11.3. The molecule has 20 heavy (non-hydrogen) atoms. The topological polar surface area (TPSA) is 54.0 Å². The maximum Gasteiger partial charge on any atom is 0.255 e. The lowest BCUT2D eigenvalue weighted by Gasteiger charge is -2.24. The zero-order valence-corrected chi connectivity index (χ0v) is 12.2. The number of anilines is 1. The first-order valence-electron chi connectivity index (χ1n) is 6.78. The van der Waals surface area contributed by atoms with Gasteiger partial charge in [-0.2, -0.15) is 0 Å². The molecule has 3 rings (SSSR count). The number of nitrogens with zero attached hydrogens (tertiary/aromatic N) is 1. The van der Waals surface area contributed by atoms with Crippen molar-refractivity contribution in [3.05, 3.63) is 45.9 Å². The number of carbonyl (C=O) groups excluding carboxylic acids is 1. The van der Waals surface area contributed by atoms with Crippen LogP contribution >= 0.6 is 11.3 Å². The molecule has 2 heterocycles. The fourth-order valence-corrected chi connectivity index (χ4v) is 3.65. The van der Waals surface area contributed by atoms with Crippen LogP contribution in [0, 0.1) is 0 Å². The number of fused-ring (bicyclic) bond motifs is 1. The molecule has 5 heteroatoms. The number of aryl methyl sites for hydroxylation is 1. The Morgan fingerprint density at radius 3 is 3.20 bits per heavy atom. The highest BCUT2D eigenvalue weighted by Crippen LogP contribution is 2.33. The van der Waals surface area contributed by atoms with Crippen LogP contribution in [0.15, 0.2) is 29.9 Å². The van der Waals surface area contributed by atoms with Gasteiger partial charge in [0.15, 0.2) is 0 Å². The molecular weight excluding hydrogens is 270 g/mol. The van der Waals surface area contributed by atoms with E-state index in [9.17, 15) is 4.79 Å². The van der Waals surface area contributed by atoms with Gasteiger partial charge in [0.1, 0.15) is 0 Å². The zero-order chi connectivity index (χ0) is 13.9. The van der Waals surface area contributed by atoms with Crippen molar-refractivity contribution in [2.75, 3.05) is 12.4 Å². The second-order valence-corrected chi connectivity index (χ2v) is 5.89. The van der Waals surface area contributed by atoms with Crippen LogP contribution < -0.4 is 10.6 Å². The highest BCUT2D eigenvalue weighted by molar-refractivity contribution is 7.10. The van der Waals surface area contributed by atoms with Gasteiger partial charge in [0, 0.05) is 30.0 Å². The molecule has 0 bridgehead atoms. The van der Waals surface area contributed by atoms with Gasteiger partial charge >= 0.3 is 0 Å². The summed E-state index contributed by atoms with van der Waals surface area (Å²) < 4.78 is 0. The Balaban J connectivity index is 1.81. The molecule has 0 saturated heterocycles. The Hall–Kier alpha value is -1.88. The number of hydrogen-bond donors (Lipinski definition) is 2. The van der Waals surface area contributed by atoms with Gasteiger partial charge in [0.05, 0.1) is 11.6 Å². The van der Waals surface area contributed by atoms with Crippen LogP contribution in [0.25, 0.3) is 0 Å². The first-order valence-corrected chi connectivity index (χ1v) is 7.66. The van der Waals surface area contributed by atoms with E-state index in [1.807, 2.05) is 13.1 Å². The summed E-state index contributed by atoms with van der Waals surface area (Å²) in [7, 11) is 1.81. The summed E-state index contributed by atoms with van der Waals surface area (Å²) >= 11 is 1.78. The molecule has 1 aliphatic rings. The van der Waals surface area contributed by atoms with Gasteiger partial charge in [-0.05, 0) is 42.3 Å². The molecule has 0 radical (unpaired) electrons. The van der Waals surface area contributed by atoms with E-state index >= 15 is 0 Å². The molecule has 2 aromatic heterocycles. The van der Waals surface area contributed by atoms with Crippen LogP contribution in [0.5, 0.6) is 0 Å². The molecular formula is C15H17N3OS. The average molecular weight is 287 g/mol. The summed E-state index contributed by atoms with van der Waals surface area (Å²) in [5.74, 6) is -0.0634. The van der Waals surface area contributed by atoms with Crippen LogP contribution in [-0.4, -0.2) is 17.9 Å². The molecule has 104 valence electrons. The quantitative estimate of drug-likeness (QED) is 0.912. The van der Waals surface area contributed by atoms with E-state index in [-0.39, 0.29) is 11.9 Å². The van der Waals surface area contributed by atoms with Gasteiger partial charge in [-0.3, -0.25) is 9.78 Å². The second kappa shape index (κ2) is 5.63. The van der Waals surface area contributed by atoms with Crippen molar-refractivity contribution in [3.8, 4) is 0 Å². The standard InChI is InChI=1S/C15H17N3OS/c1-16-12-5-7-17-9-11(12)15(19)18-13-3-2-4-14-10(13)6-8-20-14/h5-9,13H,2-4H2,1H3,(H,16,17)(H,18,19). The number of thiophene rings is 1. The van der Waals surface area contributed by atoms with Gasteiger partial charge in [-0.15, -0.1) is 11.3 Å². The van der Waals surface area contributed by atoms with Gasteiger partial charge in [0.25, 0.3) is 5.91 Å². The summed E-state index contributed by atoms with van der Waals surface area (Å²) in [6.45, 7) is 0. The minimum absolute atomic E-state index is 0.0634. The minimum atomic E-state index is -0.0634. The SMILES string of the molecule is CNc1ccncc1C(=O)NC1CCCc2sccc21. The summed E-state index contributed by atoms with van der Waals surface area (Å²) in [5.41, 5.74) is 2.68. The summed E-state index contributed by atoms with van der Waals surface area (Å²) in [6.07, 6.45) is 6.56. The maximum absolute atomic E-state index is 12.4. The number of nitrogens with one attached hydrogen (secondary N) is 2. The van der Waals surface area contributed by atoms with E-state index in [4.69, 9.17) is 0 Å². The third-order valence-electron chi connectivity index (χ3n) is 3.69. The van der Waals surface area contributed by atoms with Crippen molar-refractivity contribution >= 4 is 22.9 Å². The van der Waals surface area contributed by atoms with Crippen LogP contribution in [0.1, 0.15) is 39.7 Å². The molecule has 1 atom stereocenters. The number of pyridine rings is 1. The van der Waals surface area contributed by atoms with Gasteiger partial charge in [0.2, 0.25) is 0 Å².